The number of benzene rings is 1. The summed E-state index contributed by atoms with van der Waals surface area (Å²) in [6.45, 7) is 4.39. The molecule has 1 aliphatic carbocycles. The van der Waals surface area contributed by atoms with Crippen LogP contribution in [0.3, 0.4) is 0 Å². The van der Waals surface area contributed by atoms with E-state index < -0.39 is 0 Å². The first kappa shape index (κ1) is 11.4. The molecule has 0 unspecified atom stereocenters. The maximum atomic E-state index is 6.29. The summed E-state index contributed by atoms with van der Waals surface area (Å²) in [6, 6.07) is 6.10. The minimum absolute atomic E-state index is 0.00264. The molecule has 0 heterocycles. The van der Waals surface area contributed by atoms with E-state index >= 15 is 0 Å². The fourth-order valence-corrected chi connectivity index (χ4v) is 2.36. The minimum atomic E-state index is -0.0375. The molecule has 82 valence electrons. The number of hydrogen-bond acceptors (Lipinski definition) is 1. The van der Waals surface area contributed by atoms with E-state index in [2.05, 4.69) is 35.8 Å². The normalized spacial score (nSPS) is 19.0. The van der Waals surface area contributed by atoms with Crippen molar-refractivity contribution in [3.05, 3.63) is 33.3 Å². The van der Waals surface area contributed by atoms with Crippen molar-refractivity contribution in [1.82, 2.24) is 0 Å². The molecule has 2 N–H and O–H groups in total. The van der Waals surface area contributed by atoms with Crippen molar-refractivity contribution < 1.29 is 0 Å². The van der Waals surface area contributed by atoms with Gasteiger partial charge >= 0.3 is 0 Å². The van der Waals surface area contributed by atoms with E-state index in [4.69, 9.17) is 17.3 Å². The smallest absolute Gasteiger partial charge is 0.0551 e. The highest BCUT2D eigenvalue weighted by Crippen LogP contribution is 2.49. The first-order chi connectivity index (χ1) is 6.87. The molecule has 1 saturated carbocycles. The Balaban J connectivity index is 2.41. The van der Waals surface area contributed by atoms with E-state index in [1.165, 1.54) is 5.56 Å². The lowest BCUT2D eigenvalue weighted by Crippen LogP contribution is -2.43. The average molecular weight is 289 g/mol. The van der Waals surface area contributed by atoms with E-state index in [9.17, 15) is 0 Å². The number of halogens is 2. The lowest BCUT2D eigenvalue weighted by molar-refractivity contribution is 0.391. The van der Waals surface area contributed by atoms with Gasteiger partial charge in [0.15, 0.2) is 0 Å². The van der Waals surface area contributed by atoms with Gasteiger partial charge < -0.3 is 5.73 Å². The first-order valence-corrected chi connectivity index (χ1v) is 6.28. The Morgan fingerprint density at radius 2 is 2.00 bits per heavy atom. The zero-order valence-electron chi connectivity index (χ0n) is 8.98. The van der Waals surface area contributed by atoms with Gasteiger partial charge in [0.1, 0.15) is 0 Å². The van der Waals surface area contributed by atoms with Gasteiger partial charge in [0.05, 0.1) is 5.02 Å². The van der Waals surface area contributed by atoms with Crippen LogP contribution in [-0.4, -0.2) is 5.54 Å². The van der Waals surface area contributed by atoms with Crippen LogP contribution in [-0.2, 0) is 5.41 Å². The topological polar surface area (TPSA) is 26.0 Å². The molecule has 15 heavy (non-hydrogen) atoms. The standard InChI is InChI=1S/C12H15BrClN/c1-11(2,12(15)5-6-12)8-3-4-9(13)10(14)7-8/h3-4,7H,5-6,15H2,1-2H3. The summed E-state index contributed by atoms with van der Waals surface area (Å²) in [5, 5.41) is 0.754. The molecule has 1 fully saturated rings. The van der Waals surface area contributed by atoms with Crippen LogP contribution in [0.4, 0.5) is 0 Å². The Morgan fingerprint density at radius 1 is 1.40 bits per heavy atom. The molecule has 3 heteroatoms. The third-order valence-corrected chi connectivity index (χ3v) is 4.91. The molecule has 1 nitrogen and oxygen atoms in total. The van der Waals surface area contributed by atoms with Gasteiger partial charge in [-0.2, -0.15) is 0 Å². The molecule has 0 radical (unpaired) electrons. The van der Waals surface area contributed by atoms with Gasteiger partial charge in [-0.25, -0.2) is 0 Å². The van der Waals surface area contributed by atoms with E-state index in [0.717, 1.165) is 22.3 Å². The van der Waals surface area contributed by atoms with Crippen molar-refractivity contribution in [2.45, 2.75) is 37.6 Å². The van der Waals surface area contributed by atoms with Crippen molar-refractivity contribution in [1.29, 1.82) is 0 Å². The van der Waals surface area contributed by atoms with Gasteiger partial charge in [-0.1, -0.05) is 31.5 Å². The second-order valence-corrected chi connectivity index (χ2v) is 6.17. The highest BCUT2D eigenvalue weighted by molar-refractivity contribution is 9.10. The fourth-order valence-electron chi connectivity index (χ4n) is 1.93. The summed E-state index contributed by atoms with van der Waals surface area (Å²) >= 11 is 9.50. The largest absolute Gasteiger partial charge is 0.324 e. The Kier molecular flexibility index (Phi) is 2.65. The molecule has 0 aromatic heterocycles. The van der Waals surface area contributed by atoms with Crippen LogP contribution < -0.4 is 5.73 Å². The Labute approximate surface area is 104 Å². The van der Waals surface area contributed by atoms with Crippen molar-refractivity contribution in [3.63, 3.8) is 0 Å². The molecule has 1 aromatic carbocycles. The van der Waals surface area contributed by atoms with Crippen molar-refractivity contribution >= 4 is 27.5 Å². The summed E-state index contributed by atoms with van der Waals surface area (Å²) in [6.07, 6.45) is 2.21. The molecule has 0 atom stereocenters. The van der Waals surface area contributed by atoms with Gasteiger partial charge in [-0.05, 0) is 46.5 Å². The lowest BCUT2D eigenvalue weighted by atomic mass is 9.76. The zero-order valence-corrected chi connectivity index (χ0v) is 11.3. The van der Waals surface area contributed by atoms with Crippen molar-refractivity contribution in [3.8, 4) is 0 Å². The quantitative estimate of drug-likeness (QED) is 0.878. The predicted octanol–water partition coefficient (Wildman–Crippen LogP) is 3.87. The van der Waals surface area contributed by atoms with Crippen molar-refractivity contribution in [2.75, 3.05) is 0 Å². The first-order valence-electron chi connectivity index (χ1n) is 5.11. The maximum absolute atomic E-state index is 6.29. The van der Waals surface area contributed by atoms with Crippen LogP contribution in [0.1, 0.15) is 32.3 Å². The van der Waals surface area contributed by atoms with Crippen LogP contribution in [0.25, 0.3) is 0 Å². The summed E-state index contributed by atoms with van der Waals surface area (Å²) in [5.41, 5.74) is 7.47. The summed E-state index contributed by atoms with van der Waals surface area (Å²) in [5.74, 6) is 0. The highest BCUT2D eigenvalue weighted by Gasteiger charge is 2.51. The van der Waals surface area contributed by atoms with E-state index in [0.29, 0.717) is 0 Å². The van der Waals surface area contributed by atoms with Crippen LogP contribution in [0.15, 0.2) is 22.7 Å². The molecular formula is C12H15BrClN. The van der Waals surface area contributed by atoms with Gasteiger partial charge in [-0.3, -0.25) is 0 Å². The monoisotopic (exact) mass is 287 g/mol. The molecule has 0 amide bonds. The summed E-state index contributed by atoms with van der Waals surface area (Å²) < 4.78 is 0.936. The van der Waals surface area contributed by atoms with E-state index in [1.54, 1.807) is 0 Å². The minimum Gasteiger partial charge on any atom is -0.324 e. The highest BCUT2D eigenvalue weighted by atomic mass is 79.9. The number of nitrogens with two attached hydrogens (primary N) is 1. The molecule has 0 saturated heterocycles. The van der Waals surface area contributed by atoms with Crippen LogP contribution in [0.5, 0.6) is 0 Å². The van der Waals surface area contributed by atoms with Gasteiger partial charge in [-0.15, -0.1) is 0 Å². The Bertz CT molecular complexity index is 397. The van der Waals surface area contributed by atoms with Gasteiger partial charge in [0.25, 0.3) is 0 Å². The third kappa shape index (κ3) is 1.83. The zero-order chi connectivity index (χ0) is 11.3. The molecule has 0 aliphatic heterocycles. The second-order valence-electron chi connectivity index (χ2n) is 4.91. The van der Waals surface area contributed by atoms with Gasteiger partial charge in [0, 0.05) is 15.4 Å². The molecule has 1 aromatic rings. The van der Waals surface area contributed by atoms with E-state index in [-0.39, 0.29) is 11.0 Å². The van der Waals surface area contributed by atoms with Crippen LogP contribution in [0.2, 0.25) is 5.02 Å². The Hall–Kier alpha value is -0.0500. The molecule has 0 spiro atoms. The second kappa shape index (κ2) is 3.47. The molecular weight excluding hydrogens is 273 g/mol. The molecule has 0 bridgehead atoms. The average Bonchev–Trinajstić information content (AvgIpc) is 2.90. The summed E-state index contributed by atoms with van der Waals surface area (Å²) in [7, 11) is 0. The fraction of sp³-hybridized carbons (Fsp3) is 0.500. The lowest BCUT2D eigenvalue weighted by Gasteiger charge is -2.32. The van der Waals surface area contributed by atoms with E-state index in [1.807, 2.05) is 12.1 Å². The third-order valence-electron chi connectivity index (χ3n) is 3.67. The SMILES string of the molecule is CC(C)(c1ccc(Br)c(Cl)c1)C1(N)CC1. The van der Waals surface area contributed by atoms with Crippen LogP contribution >= 0.6 is 27.5 Å². The molecule has 2 rings (SSSR count). The van der Waals surface area contributed by atoms with Crippen LogP contribution in [0, 0.1) is 0 Å². The summed E-state index contributed by atoms with van der Waals surface area (Å²) in [4.78, 5) is 0. The van der Waals surface area contributed by atoms with Crippen molar-refractivity contribution in [2.24, 2.45) is 5.73 Å². The number of hydrogen-bond donors (Lipinski definition) is 1. The maximum Gasteiger partial charge on any atom is 0.0551 e. The Morgan fingerprint density at radius 3 is 2.47 bits per heavy atom. The number of rotatable bonds is 2. The predicted molar refractivity (Wildman–Crippen MR) is 68.3 cm³/mol. The van der Waals surface area contributed by atoms with Gasteiger partial charge in [0.2, 0.25) is 0 Å². The molecule has 1 aliphatic rings.